The molecular formula is C24H16BrFN2O. The van der Waals surface area contributed by atoms with Gasteiger partial charge in [-0.15, -0.1) is 0 Å². The van der Waals surface area contributed by atoms with E-state index in [1.807, 2.05) is 48.7 Å². The lowest BCUT2D eigenvalue weighted by molar-refractivity contribution is -0.110. The van der Waals surface area contributed by atoms with Crippen LogP contribution in [0.15, 0.2) is 77.4 Å². The van der Waals surface area contributed by atoms with Crippen molar-refractivity contribution in [3.05, 3.63) is 99.9 Å². The van der Waals surface area contributed by atoms with E-state index in [4.69, 9.17) is 0 Å². The van der Waals surface area contributed by atoms with Gasteiger partial charge in [-0.3, -0.25) is 4.79 Å². The van der Waals surface area contributed by atoms with Crippen molar-refractivity contribution in [3.63, 3.8) is 0 Å². The van der Waals surface area contributed by atoms with Gasteiger partial charge in [-0.05, 0) is 48.0 Å². The van der Waals surface area contributed by atoms with E-state index in [0.29, 0.717) is 12.1 Å². The highest BCUT2D eigenvalue weighted by Crippen LogP contribution is 2.35. The largest absolute Gasteiger partial charge is 0.342 e. The fourth-order valence-corrected chi connectivity index (χ4v) is 4.13. The average molecular weight is 447 g/mol. The number of rotatable bonds is 3. The average Bonchev–Trinajstić information content (AvgIpc) is 3.21. The number of carbonyl (C=O) groups is 1. The highest BCUT2D eigenvalue weighted by molar-refractivity contribution is 9.10. The van der Waals surface area contributed by atoms with E-state index in [-0.39, 0.29) is 11.7 Å². The molecule has 5 heteroatoms. The first-order chi connectivity index (χ1) is 14.1. The van der Waals surface area contributed by atoms with Crippen LogP contribution in [0.1, 0.15) is 16.7 Å². The molecule has 5 rings (SSSR count). The number of amides is 1. The number of fused-ring (bicyclic) bond motifs is 2. The number of aromatic nitrogens is 1. The molecule has 1 aliphatic heterocycles. The Bertz CT molecular complexity index is 1290. The number of para-hydroxylation sites is 1. The first-order valence-corrected chi connectivity index (χ1v) is 10.0. The summed E-state index contributed by atoms with van der Waals surface area (Å²) in [5.74, 6) is -0.341. The van der Waals surface area contributed by atoms with Crippen molar-refractivity contribution in [2.45, 2.75) is 6.54 Å². The van der Waals surface area contributed by atoms with Crippen LogP contribution in [0.3, 0.4) is 0 Å². The smallest absolute Gasteiger partial charge is 0.256 e. The highest BCUT2D eigenvalue weighted by Gasteiger charge is 2.24. The number of anilines is 1. The maximum Gasteiger partial charge on any atom is 0.256 e. The SMILES string of the molecule is O=C1Nc2ccccc2/C1=C/c1cn(Cc2ccc(F)cc2)c2ccc(Br)cc12. The molecule has 0 atom stereocenters. The molecular weight excluding hydrogens is 431 g/mol. The summed E-state index contributed by atoms with van der Waals surface area (Å²) >= 11 is 3.55. The minimum atomic E-state index is -0.244. The van der Waals surface area contributed by atoms with Crippen LogP contribution in [-0.4, -0.2) is 10.5 Å². The fourth-order valence-electron chi connectivity index (χ4n) is 3.77. The Balaban J connectivity index is 1.64. The third-order valence-electron chi connectivity index (χ3n) is 5.15. The lowest BCUT2D eigenvalue weighted by Gasteiger charge is -2.05. The van der Waals surface area contributed by atoms with Gasteiger partial charge in [-0.1, -0.05) is 46.3 Å². The van der Waals surface area contributed by atoms with E-state index in [2.05, 4.69) is 31.9 Å². The molecule has 1 N–H and O–H groups in total. The van der Waals surface area contributed by atoms with Gasteiger partial charge >= 0.3 is 0 Å². The van der Waals surface area contributed by atoms with Gasteiger partial charge in [0.05, 0.1) is 0 Å². The van der Waals surface area contributed by atoms with Crippen LogP contribution >= 0.6 is 15.9 Å². The van der Waals surface area contributed by atoms with E-state index >= 15 is 0 Å². The standard InChI is InChI=1S/C24H16BrFN2O/c25-17-7-10-23-20(12-17)16(14-28(23)13-15-5-8-18(26)9-6-15)11-21-19-3-1-2-4-22(19)27-24(21)29/h1-12,14H,13H2,(H,27,29)/b21-11-. The minimum absolute atomic E-state index is 0.0966. The fraction of sp³-hybridized carbons (Fsp3) is 0.0417. The molecule has 2 heterocycles. The molecule has 1 aromatic heterocycles. The predicted molar refractivity (Wildman–Crippen MR) is 118 cm³/mol. The third kappa shape index (κ3) is 3.28. The first-order valence-electron chi connectivity index (χ1n) is 9.24. The van der Waals surface area contributed by atoms with Gasteiger partial charge < -0.3 is 9.88 Å². The molecule has 3 nitrogen and oxygen atoms in total. The lowest BCUT2D eigenvalue weighted by Crippen LogP contribution is -2.03. The molecule has 0 aliphatic carbocycles. The van der Waals surface area contributed by atoms with Gasteiger partial charge in [0.2, 0.25) is 0 Å². The van der Waals surface area contributed by atoms with Crippen LogP contribution in [0.5, 0.6) is 0 Å². The number of hydrogen-bond donors (Lipinski definition) is 1. The third-order valence-corrected chi connectivity index (χ3v) is 5.64. The number of halogens is 2. The zero-order valence-electron chi connectivity index (χ0n) is 15.3. The summed E-state index contributed by atoms with van der Waals surface area (Å²) in [7, 11) is 0. The van der Waals surface area contributed by atoms with Gasteiger partial charge in [-0.2, -0.15) is 0 Å². The number of hydrogen-bond acceptors (Lipinski definition) is 1. The van der Waals surface area contributed by atoms with Crippen molar-refractivity contribution >= 4 is 50.1 Å². The number of benzene rings is 3. The molecule has 0 saturated carbocycles. The maximum atomic E-state index is 13.3. The molecule has 1 aliphatic rings. The Morgan fingerprint density at radius 3 is 2.66 bits per heavy atom. The molecule has 0 saturated heterocycles. The van der Waals surface area contributed by atoms with E-state index in [9.17, 15) is 9.18 Å². The van der Waals surface area contributed by atoms with Crippen molar-refractivity contribution < 1.29 is 9.18 Å². The summed E-state index contributed by atoms with van der Waals surface area (Å²) in [6.07, 6.45) is 3.98. The van der Waals surface area contributed by atoms with Gasteiger partial charge in [-0.25, -0.2) is 4.39 Å². The summed E-state index contributed by atoms with van der Waals surface area (Å²) in [6, 6.07) is 20.3. The molecule has 0 fully saturated rings. The monoisotopic (exact) mass is 446 g/mol. The van der Waals surface area contributed by atoms with Crippen LogP contribution in [-0.2, 0) is 11.3 Å². The number of nitrogens with one attached hydrogen (secondary N) is 1. The normalized spacial score (nSPS) is 14.4. The molecule has 0 unspecified atom stereocenters. The van der Waals surface area contributed by atoms with Crippen molar-refractivity contribution in [3.8, 4) is 0 Å². The topological polar surface area (TPSA) is 34.0 Å². The van der Waals surface area contributed by atoms with E-state index in [0.717, 1.165) is 37.8 Å². The second-order valence-electron chi connectivity index (χ2n) is 7.06. The summed E-state index contributed by atoms with van der Waals surface area (Å²) < 4.78 is 16.4. The predicted octanol–water partition coefficient (Wildman–Crippen LogP) is 6.08. The molecule has 0 spiro atoms. The van der Waals surface area contributed by atoms with Crippen LogP contribution in [0.2, 0.25) is 0 Å². The van der Waals surface area contributed by atoms with E-state index < -0.39 is 0 Å². The van der Waals surface area contributed by atoms with Crippen LogP contribution < -0.4 is 5.32 Å². The first kappa shape index (κ1) is 17.9. The van der Waals surface area contributed by atoms with Crippen LogP contribution in [0.25, 0.3) is 22.6 Å². The maximum absolute atomic E-state index is 13.3. The molecule has 1 amide bonds. The van der Waals surface area contributed by atoms with Crippen LogP contribution in [0, 0.1) is 5.82 Å². The van der Waals surface area contributed by atoms with Crippen molar-refractivity contribution in [1.82, 2.24) is 4.57 Å². The quantitative estimate of drug-likeness (QED) is 0.380. The molecule has 3 aromatic carbocycles. The molecule has 0 bridgehead atoms. The second kappa shape index (κ2) is 7.01. The van der Waals surface area contributed by atoms with E-state index in [1.165, 1.54) is 12.1 Å². The Kier molecular flexibility index (Phi) is 4.32. The van der Waals surface area contributed by atoms with Crippen molar-refractivity contribution in [2.75, 3.05) is 5.32 Å². The van der Waals surface area contributed by atoms with Crippen LogP contribution in [0.4, 0.5) is 10.1 Å². The van der Waals surface area contributed by atoms with E-state index in [1.54, 1.807) is 12.1 Å². The Hall–Kier alpha value is -3.18. The molecule has 4 aromatic rings. The number of nitrogens with zero attached hydrogens (tertiary/aromatic N) is 1. The Morgan fingerprint density at radius 1 is 1.03 bits per heavy atom. The minimum Gasteiger partial charge on any atom is -0.342 e. The van der Waals surface area contributed by atoms with Gasteiger partial charge in [0.1, 0.15) is 5.82 Å². The van der Waals surface area contributed by atoms with Crippen molar-refractivity contribution in [2.24, 2.45) is 0 Å². The lowest BCUT2D eigenvalue weighted by atomic mass is 10.0. The van der Waals surface area contributed by atoms with Gasteiger partial charge in [0.25, 0.3) is 5.91 Å². The zero-order valence-corrected chi connectivity index (χ0v) is 16.9. The second-order valence-corrected chi connectivity index (χ2v) is 7.97. The molecule has 0 radical (unpaired) electrons. The highest BCUT2D eigenvalue weighted by atomic mass is 79.9. The Labute approximate surface area is 175 Å². The summed E-state index contributed by atoms with van der Waals surface area (Å²) in [4.78, 5) is 12.5. The molecule has 142 valence electrons. The Morgan fingerprint density at radius 2 is 1.83 bits per heavy atom. The molecule has 29 heavy (non-hydrogen) atoms. The van der Waals surface area contributed by atoms with Crippen molar-refractivity contribution in [1.29, 1.82) is 0 Å². The summed E-state index contributed by atoms with van der Waals surface area (Å²) in [5, 5.41) is 3.97. The summed E-state index contributed by atoms with van der Waals surface area (Å²) in [5.41, 5.74) is 5.42. The summed E-state index contributed by atoms with van der Waals surface area (Å²) in [6.45, 7) is 0.615. The number of carbonyl (C=O) groups excluding carboxylic acids is 1. The van der Waals surface area contributed by atoms with Gasteiger partial charge in [0.15, 0.2) is 0 Å². The van der Waals surface area contributed by atoms with Gasteiger partial charge in [0, 0.05) is 50.5 Å². The zero-order chi connectivity index (χ0) is 20.0.